The van der Waals surface area contributed by atoms with Gasteiger partial charge in [0.15, 0.2) is 0 Å². The van der Waals surface area contributed by atoms with Crippen molar-refractivity contribution in [1.29, 1.82) is 0 Å². The molecule has 0 N–H and O–H groups in total. The van der Waals surface area contributed by atoms with Gasteiger partial charge in [-0.1, -0.05) is 64.7 Å². The number of hydrogen-bond donors (Lipinski definition) is 0. The Balaban J connectivity index is 2.00. The van der Waals surface area contributed by atoms with Gasteiger partial charge in [0.25, 0.3) is 14.3 Å². The van der Waals surface area contributed by atoms with Crippen molar-refractivity contribution < 1.29 is 18.1 Å². The summed E-state index contributed by atoms with van der Waals surface area (Å²) in [6, 6.07) is 0. The highest BCUT2D eigenvalue weighted by Gasteiger charge is 2.59. The Morgan fingerprint density at radius 2 is 1.13 bits per heavy atom. The minimum absolute atomic E-state index is 0.0148. The van der Waals surface area contributed by atoms with Gasteiger partial charge in [0.05, 0.1) is 0 Å². The maximum atomic E-state index is 14.1. The van der Waals surface area contributed by atoms with Gasteiger partial charge in [-0.05, 0) is 68.5 Å². The SMILES string of the molecule is CCC(C)(C(=O)O[Si](C1CCCCC1)(C1CCCCC1)C1CCCCC1)[Si](OC)OC. The van der Waals surface area contributed by atoms with Crippen LogP contribution in [0, 0.1) is 0 Å². The lowest BCUT2D eigenvalue weighted by Crippen LogP contribution is -2.57. The van der Waals surface area contributed by atoms with E-state index in [1.54, 1.807) is 14.2 Å². The molecule has 31 heavy (non-hydrogen) atoms. The summed E-state index contributed by atoms with van der Waals surface area (Å²) in [5, 5.41) is -0.648. The molecule has 0 bridgehead atoms. The van der Waals surface area contributed by atoms with Crippen LogP contribution in [0.2, 0.25) is 21.7 Å². The monoisotopic (exact) mass is 467 g/mol. The van der Waals surface area contributed by atoms with E-state index in [9.17, 15) is 4.79 Å². The Hall–Kier alpha value is -0.176. The van der Waals surface area contributed by atoms with E-state index < -0.39 is 22.6 Å². The van der Waals surface area contributed by atoms with Crippen LogP contribution in [0.1, 0.15) is 117 Å². The molecule has 0 heterocycles. The second-order valence-electron chi connectivity index (χ2n) is 10.6. The molecule has 3 aliphatic carbocycles. The van der Waals surface area contributed by atoms with E-state index >= 15 is 0 Å². The molecule has 0 aromatic carbocycles. The van der Waals surface area contributed by atoms with Gasteiger partial charge >= 0.3 is 9.28 Å². The van der Waals surface area contributed by atoms with Crippen molar-refractivity contribution in [2.24, 2.45) is 0 Å². The molecule has 3 fully saturated rings. The average Bonchev–Trinajstić information content (AvgIpc) is 2.84. The third kappa shape index (κ3) is 5.33. The smallest absolute Gasteiger partial charge is 0.402 e. The minimum Gasteiger partial charge on any atom is -0.518 e. The molecule has 1 radical (unpaired) electrons. The fourth-order valence-electron chi connectivity index (χ4n) is 7.09. The van der Waals surface area contributed by atoms with Crippen molar-refractivity contribution in [3.8, 4) is 0 Å². The summed E-state index contributed by atoms with van der Waals surface area (Å²) in [6.45, 7) is 4.13. The minimum atomic E-state index is -2.30. The van der Waals surface area contributed by atoms with Crippen molar-refractivity contribution in [1.82, 2.24) is 0 Å². The summed E-state index contributed by atoms with van der Waals surface area (Å²) < 4.78 is 18.6. The third-order valence-corrected chi connectivity index (χ3v) is 17.3. The molecule has 6 heteroatoms. The number of carbonyl (C=O) groups is 1. The average molecular weight is 468 g/mol. The molecule has 1 atom stereocenters. The maximum absolute atomic E-state index is 14.1. The normalized spacial score (nSPS) is 24.8. The molecule has 1 unspecified atom stereocenters. The van der Waals surface area contributed by atoms with Crippen molar-refractivity contribution in [3.63, 3.8) is 0 Å². The van der Waals surface area contributed by atoms with Gasteiger partial charge in [-0.25, -0.2) is 0 Å². The first-order chi connectivity index (χ1) is 15.0. The molecular weight excluding hydrogens is 420 g/mol. The first-order valence-electron chi connectivity index (χ1n) is 13.2. The van der Waals surface area contributed by atoms with E-state index in [1.807, 2.05) is 6.92 Å². The molecular formula is C25H47O4Si2. The van der Waals surface area contributed by atoms with E-state index in [1.165, 1.54) is 96.3 Å². The van der Waals surface area contributed by atoms with Gasteiger partial charge in [-0.15, -0.1) is 0 Å². The summed E-state index contributed by atoms with van der Waals surface area (Å²) in [6.07, 6.45) is 20.5. The maximum Gasteiger partial charge on any atom is 0.402 e. The van der Waals surface area contributed by atoms with E-state index in [0.29, 0.717) is 23.0 Å². The first-order valence-corrected chi connectivity index (χ1v) is 16.7. The van der Waals surface area contributed by atoms with Crippen LogP contribution in [-0.4, -0.2) is 37.8 Å². The van der Waals surface area contributed by atoms with Crippen LogP contribution in [0.5, 0.6) is 0 Å². The molecule has 4 nitrogen and oxygen atoms in total. The summed E-state index contributed by atoms with van der Waals surface area (Å²) in [5.74, 6) is 0.0148. The second kappa shape index (κ2) is 11.8. The van der Waals surface area contributed by atoms with Gasteiger partial charge in [0, 0.05) is 14.2 Å². The van der Waals surface area contributed by atoms with Crippen molar-refractivity contribution in [2.45, 2.75) is 138 Å². The van der Waals surface area contributed by atoms with Crippen LogP contribution < -0.4 is 0 Å². The number of rotatable bonds is 9. The molecule has 0 spiro atoms. The van der Waals surface area contributed by atoms with E-state index in [4.69, 9.17) is 13.3 Å². The van der Waals surface area contributed by atoms with E-state index in [0.717, 1.165) is 0 Å². The van der Waals surface area contributed by atoms with E-state index in [-0.39, 0.29) is 5.97 Å². The van der Waals surface area contributed by atoms with Crippen LogP contribution >= 0.6 is 0 Å². The molecule has 0 saturated heterocycles. The van der Waals surface area contributed by atoms with Crippen molar-refractivity contribution in [2.75, 3.05) is 14.2 Å². The van der Waals surface area contributed by atoms with Gasteiger partial charge in [-0.3, -0.25) is 4.79 Å². The Morgan fingerprint density at radius 1 is 0.774 bits per heavy atom. The van der Waals surface area contributed by atoms with Gasteiger partial charge in [0.2, 0.25) is 0 Å². The van der Waals surface area contributed by atoms with Crippen molar-refractivity contribution in [3.05, 3.63) is 0 Å². The summed E-state index contributed by atoms with van der Waals surface area (Å²) in [4.78, 5) is 14.1. The Bertz CT molecular complexity index is 504. The van der Waals surface area contributed by atoms with Crippen LogP contribution in [0.25, 0.3) is 0 Å². The number of hydrogen-bond acceptors (Lipinski definition) is 4. The second-order valence-corrected chi connectivity index (χ2v) is 17.5. The third-order valence-electron chi connectivity index (χ3n) is 8.98. The Morgan fingerprint density at radius 3 is 1.42 bits per heavy atom. The van der Waals surface area contributed by atoms with E-state index in [2.05, 4.69) is 6.92 Å². The van der Waals surface area contributed by atoms with Crippen LogP contribution in [0.4, 0.5) is 0 Å². The van der Waals surface area contributed by atoms with Crippen LogP contribution in [-0.2, 0) is 18.1 Å². The molecule has 3 saturated carbocycles. The highest BCUT2D eigenvalue weighted by atomic mass is 28.4. The zero-order valence-electron chi connectivity index (χ0n) is 20.7. The fraction of sp³-hybridized carbons (Fsp3) is 0.960. The first kappa shape index (κ1) is 25.4. The zero-order chi connectivity index (χ0) is 22.3. The van der Waals surface area contributed by atoms with Gasteiger partial charge < -0.3 is 13.3 Å². The highest BCUT2D eigenvalue weighted by molar-refractivity contribution is 6.80. The summed E-state index contributed by atoms with van der Waals surface area (Å²) in [5.41, 5.74) is 2.00. The van der Waals surface area contributed by atoms with Crippen LogP contribution in [0.3, 0.4) is 0 Å². The van der Waals surface area contributed by atoms with Gasteiger partial charge in [-0.2, -0.15) is 0 Å². The lowest BCUT2D eigenvalue weighted by Gasteiger charge is -2.52. The van der Waals surface area contributed by atoms with Crippen LogP contribution in [0.15, 0.2) is 0 Å². The molecule has 0 aromatic heterocycles. The van der Waals surface area contributed by atoms with Crippen molar-refractivity contribution >= 4 is 23.6 Å². The summed E-state index contributed by atoms with van der Waals surface area (Å²) >= 11 is 0. The molecule has 0 aliphatic heterocycles. The molecule has 0 amide bonds. The number of carbonyl (C=O) groups excluding carboxylic acids is 1. The largest absolute Gasteiger partial charge is 0.518 e. The summed E-state index contributed by atoms with van der Waals surface area (Å²) in [7, 11) is -0.647. The molecule has 179 valence electrons. The quantitative estimate of drug-likeness (QED) is 0.331. The Kier molecular flexibility index (Phi) is 9.69. The molecule has 3 rings (SSSR count). The predicted molar refractivity (Wildman–Crippen MR) is 131 cm³/mol. The topological polar surface area (TPSA) is 44.8 Å². The standard InChI is InChI=1S/C25H47O4Si2/c1-5-25(2,30(27-3)28-4)24(26)29-31(21-15-9-6-10-16-21,22-17-11-7-12-18-22)23-19-13-8-14-20-23/h21-23H,5-20H2,1-4H3. The molecule has 0 aromatic rings. The lowest BCUT2D eigenvalue weighted by atomic mass is 9.98. The highest BCUT2D eigenvalue weighted by Crippen LogP contribution is 2.58. The van der Waals surface area contributed by atoms with Gasteiger partial charge in [0.1, 0.15) is 5.04 Å². The lowest BCUT2D eigenvalue weighted by molar-refractivity contribution is -0.140. The molecule has 3 aliphatic rings. The fourth-order valence-corrected chi connectivity index (χ4v) is 15.7. The predicted octanol–water partition coefficient (Wildman–Crippen LogP) is 7.43. The Labute approximate surface area is 194 Å². The zero-order valence-corrected chi connectivity index (χ0v) is 22.7.